The van der Waals surface area contributed by atoms with Crippen LogP contribution in [-0.2, 0) is 4.79 Å². The number of halogens is 1. The Balaban J connectivity index is 2.36. The van der Waals surface area contributed by atoms with Crippen molar-refractivity contribution in [3.05, 3.63) is 34.9 Å². The molecule has 4 heteroatoms. The summed E-state index contributed by atoms with van der Waals surface area (Å²) in [6.07, 6.45) is 0.616. The Bertz CT molecular complexity index is 432. The third-order valence-electron chi connectivity index (χ3n) is 3.37. The van der Waals surface area contributed by atoms with Gasteiger partial charge in [0.2, 0.25) is 0 Å². The Morgan fingerprint density at radius 3 is 2.74 bits per heavy atom. The fraction of sp³-hybridized carbons (Fsp3) is 0.533. The van der Waals surface area contributed by atoms with Crippen LogP contribution in [0.5, 0.6) is 0 Å². The van der Waals surface area contributed by atoms with Gasteiger partial charge in [-0.2, -0.15) is 0 Å². The van der Waals surface area contributed by atoms with E-state index >= 15 is 0 Å². The van der Waals surface area contributed by atoms with Crippen LogP contribution in [0, 0.1) is 5.41 Å². The van der Waals surface area contributed by atoms with Gasteiger partial charge in [-0.05, 0) is 50.4 Å². The van der Waals surface area contributed by atoms with Crippen molar-refractivity contribution in [3.8, 4) is 0 Å². The highest BCUT2D eigenvalue weighted by molar-refractivity contribution is 6.30. The van der Waals surface area contributed by atoms with Crippen molar-refractivity contribution in [2.24, 2.45) is 5.41 Å². The molecule has 1 aromatic rings. The third kappa shape index (κ3) is 5.21. The molecular weight excluding hydrogens is 262 g/mol. The summed E-state index contributed by atoms with van der Waals surface area (Å²) in [4.78, 5) is 11.0. The van der Waals surface area contributed by atoms with E-state index in [1.807, 2.05) is 18.2 Å². The SMILES string of the molecule is CC(CNCCC(C)(C)C(=O)O)c1cccc(Cl)c1. The second kappa shape index (κ2) is 6.92. The molecule has 0 spiro atoms. The number of aliphatic carboxylic acids is 1. The highest BCUT2D eigenvalue weighted by atomic mass is 35.5. The zero-order chi connectivity index (χ0) is 14.5. The van der Waals surface area contributed by atoms with E-state index in [9.17, 15) is 4.79 Å². The molecular formula is C15H22ClNO2. The standard InChI is InChI=1S/C15H22ClNO2/c1-11(12-5-4-6-13(16)9-12)10-17-8-7-15(2,3)14(18)19/h4-6,9,11,17H,7-8,10H2,1-3H3,(H,18,19). The Morgan fingerprint density at radius 1 is 1.47 bits per heavy atom. The van der Waals surface area contributed by atoms with Gasteiger partial charge in [0, 0.05) is 11.6 Å². The molecule has 1 rings (SSSR count). The van der Waals surface area contributed by atoms with Crippen LogP contribution >= 0.6 is 11.6 Å². The smallest absolute Gasteiger partial charge is 0.309 e. The molecule has 0 aromatic heterocycles. The number of benzene rings is 1. The van der Waals surface area contributed by atoms with Gasteiger partial charge in [-0.1, -0.05) is 30.7 Å². The lowest BCUT2D eigenvalue weighted by atomic mass is 9.89. The van der Waals surface area contributed by atoms with E-state index in [2.05, 4.69) is 18.3 Å². The zero-order valence-electron chi connectivity index (χ0n) is 11.7. The van der Waals surface area contributed by atoms with Crippen molar-refractivity contribution < 1.29 is 9.90 Å². The summed E-state index contributed by atoms with van der Waals surface area (Å²) >= 11 is 5.96. The lowest BCUT2D eigenvalue weighted by Gasteiger charge is -2.20. The Labute approximate surface area is 120 Å². The minimum Gasteiger partial charge on any atom is -0.481 e. The first-order chi connectivity index (χ1) is 8.83. The van der Waals surface area contributed by atoms with E-state index in [4.69, 9.17) is 16.7 Å². The summed E-state index contributed by atoms with van der Waals surface area (Å²) < 4.78 is 0. The first-order valence-corrected chi connectivity index (χ1v) is 6.90. The lowest BCUT2D eigenvalue weighted by molar-refractivity contribution is -0.147. The maximum absolute atomic E-state index is 11.0. The number of nitrogens with one attached hydrogen (secondary N) is 1. The van der Waals surface area contributed by atoms with E-state index in [0.717, 1.165) is 11.6 Å². The first kappa shape index (κ1) is 16.0. The number of carbonyl (C=O) groups is 1. The normalized spacial score (nSPS) is 13.3. The van der Waals surface area contributed by atoms with E-state index in [1.165, 1.54) is 5.56 Å². The molecule has 0 bridgehead atoms. The number of carboxylic acid groups (broad SMARTS) is 1. The van der Waals surface area contributed by atoms with Crippen LogP contribution in [0.4, 0.5) is 0 Å². The molecule has 19 heavy (non-hydrogen) atoms. The maximum Gasteiger partial charge on any atom is 0.309 e. The quantitative estimate of drug-likeness (QED) is 0.753. The molecule has 2 N–H and O–H groups in total. The van der Waals surface area contributed by atoms with Crippen molar-refractivity contribution in [1.82, 2.24) is 5.32 Å². The largest absolute Gasteiger partial charge is 0.481 e. The summed E-state index contributed by atoms with van der Waals surface area (Å²) in [5, 5.41) is 13.1. The maximum atomic E-state index is 11.0. The molecule has 0 aliphatic rings. The molecule has 0 radical (unpaired) electrons. The van der Waals surface area contributed by atoms with Gasteiger partial charge >= 0.3 is 5.97 Å². The minimum absolute atomic E-state index is 0.353. The highest BCUT2D eigenvalue weighted by Crippen LogP contribution is 2.20. The molecule has 1 atom stereocenters. The molecule has 0 saturated heterocycles. The second-order valence-electron chi connectivity index (χ2n) is 5.60. The minimum atomic E-state index is -0.753. The van der Waals surface area contributed by atoms with E-state index in [1.54, 1.807) is 13.8 Å². The van der Waals surface area contributed by atoms with Crippen LogP contribution in [0.3, 0.4) is 0 Å². The molecule has 106 valence electrons. The van der Waals surface area contributed by atoms with Crippen molar-refractivity contribution in [3.63, 3.8) is 0 Å². The molecule has 0 aliphatic carbocycles. The summed E-state index contributed by atoms with van der Waals surface area (Å²) in [6.45, 7) is 7.13. The predicted molar refractivity (Wildman–Crippen MR) is 78.8 cm³/mol. The average Bonchev–Trinajstić information content (AvgIpc) is 2.34. The van der Waals surface area contributed by atoms with Gasteiger partial charge in [-0.3, -0.25) is 4.79 Å². The molecule has 0 saturated carbocycles. The van der Waals surface area contributed by atoms with Crippen molar-refractivity contribution in [2.45, 2.75) is 33.1 Å². The van der Waals surface area contributed by atoms with Gasteiger partial charge in [0.25, 0.3) is 0 Å². The predicted octanol–water partition coefficient (Wildman–Crippen LogP) is 3.53. The highest BCUT2D eigenvalue weighted by Gasteiger charge is 2.26. The summed E-state index contributed by atoms with van der Waals surface area (Å²) in [5.41, 5.74) is 0.518. The van der Waals surface area contributed by atoms with Crippen LogP contribution in [0.15, 0.2) is 24.3 Å². The number of carboxylic acids is 1. The van der Waals surface area contributed by atoms with Gasteiger partial charge in [0.1, 0.15) is 0 Å². The number of hydrogen-bond acceptors (Lipinski definition) is 2. The Kier molecular flexibility index (Phi) is 5.83. The Hall–Kier alpha value is -1.06. The molecule has 0 aliphatic heterocycles. The average molecular weight is 284 g/mol. The number of rotatable bonds is 7. The fourth-order valence-electron chi connectivity index (χ4n) is 1.76. The number of hydrogen-bond donors (Lipinski definition) is 2. The van der Waals surface area contributed by atoms with E-state index < -0.39 is 11.4 Å². The molecule has 3 nitrogen and oxygen atoms in total. The first-order valence-electron chi connectivity index (χ1n) is 6.52. The van der Waals surface area contributed by atoms with E-state index in [0.29, 0.717) is 18.9 Å². The van der Waals surface area contributed by atoms with Crippen molar-refractivity contribution in [2.75, 3.05) is 13.1 Å². The van der Waals surface area contributed by atoms with Gasteiger partial charge in [0.05, 0.1) is 5.41 Å². The Morgan fingerprint density at radius 2 is 2.16 bits per heavy atom. The zero-order valence-corrected chi connectivity index (χ0v) is 12.5. The molecule has 1 unspecified atom stereocenters. The van der Waals surface area contributed by atoms with Crippen molar-refractivity contribution >= 4 is 17.6 Å². The molecule has 0 fully saturated rings. The van der Waals surface area contributed by atoms with Crippen LogP contribution in [0.1, 0.15) is 38.7 Å². The van der Waals surface area contributed by atoms with E-state index in [-0.39, 0.29) is 0 Å². The molecule has 0 amide bonds. The summed E-state index contributed by atoms with van der Waals surface area (Å²) in [6, 6.07) is 7.83. The van der Waals surface area contributed by atoms with Crippen molar-refractivity contribution in [1.29, 1.82) is 0 Å². The molecule has 0 heterocycles. The summed E-state index contributed by atoms with van der Waals surface area (Å²) in [7, 11) is 0. The third-order valence-corrected chi connectivity index (χ3v) is 3.61. The summed E-state index contributed by atoms with van der Waals surface area (Å²) in [5.74, 6) is -0.399. The van der Waals surface area contributed by atoms with Gasteiger partial charge in [-0.25, -0.2) is 0 Å². The monoisotopic (exact) mass is 283 g/mol. The van der Waals surface area contributed by atoms with Crippen LogP contribution < -0.4 is 5.32 Å². The van der Waals surface area contributed by atoms with Gasteiger partial charge in [0.15, 0.2) is 0 Å². The van der Waals surface area contributed by atoms with Gasteiger partial charge < -0.3 is 10.4 Å². The van der Waals surface area contributed by atoms with Gasteiger partial charge in [-0.15, -0.1) is 0 Å². The second-order valence-corrected chi connectivity index (χ2v) is 6.04. The van der Waals surface area contributed by atoms with Crippen LogP contribution in [0.25, 0.3) is 0 Å². The van der Waals surface area contributed by atoms with Crippen LogP contribution in [0.2, 0.25) is 5.02 Å². The topological polar surface area (TPSA) is 49.3 Å². The fourth-order valence-corrected chi connectivity index (χ4v) is 1.96. The lowest BCUT2D eigenvalue weighted by Crippen LogP contribution is -2.30. The molecule has 1 aromatic carbocycles. The van der Waals surface area contributed by atoms with Crippen LogP contribution in [-0.4, -0.2) is 24.2 Å².